The minimum Gasteiger partial charge on any atom is -0.508 e. The third-order valence-corrected chi connectivity index (χ3v) is 5.35. The normalized spacial score (nSPS) is 12.3. The summed E-state index contributed by atoms with van der Waals surface area (Å²) in [5.41, 5.74) is 5.41. The van der Waals surface area contributed by atoms with Gasteiger partial charge in [-0.1, -0.05) is 18.2 Å². The van der Waals surface area contributed by atoms with Crippen LogP contribution in [0.1, 0.15) is 29.4 Å². The Morgan fingerprint density at radius 3 is 2.56 bits per heavy atom. The number of allylic oxidation sites excluding steroid dienone is 3. The van der Waals surface area contributed by atoms with Gasteiger partial charge >= 0.3 is 23.7 Å². The van der Waals surface area contributed by atoms with Gasteiger partial charge in [0, 0.05) is 17.8 Å². The number of carbonyl (C=O) groups excluding carboxylic acids is 2. The first kappa shape index (κ1) is 28.6. The molecule has 0 bridgehead atoms. The lowest BCUT2D eigenvalue weighted by molar-refractivity contribution is -0.349. The van der Waals surface area contributed by atoms with Crippen LogP contribution in [0.4, 0.5) is 24.8 Å². The summed E-state index contributed by atoms with van der Waals surface area (Å²) in [6.07, 6.45) is 0.913. The van der Waals surface area contributed by atoms with Crippen LogP contribution < -0.4 is 26.5 Å². The number of carbonyl (C=O) groups is 2. The molecule has 11 nitrogen and oxygen atoms in total. The molecule has 204 valence electrons. The zero-order chi connectivity index (χ0) is 28.7. The molecule has 39 heavy (non-hydrogen) atoms. The second-order valence-corrected chi connectivity index (χ2v) is 8.29. The van der Waals surface area contributed by atoms with Gasteiger partial charge in [-0.2, -0.15) is 13.2 Å². The average molecular weight is 545 g/mol. The summed E-state index contributed by atoms with van der Waals surface area (Å²) in [6, 6.07) is 4.97. The first-order valence-corrected chi connectivity index (χ1v) is 11.4. The van der Waals surface area contributed by atoms with Crippen molar-refractivity contribution in [3.8, 4) is 0 Å². The maximum atomic E-state index is 13.4. The van der Waals surface area contributed by atoms with Gasteiger partial charge in [-0.25, -0.2) is 9.97 Å². The Morgan fingerprint density at radius 2 is 1.92 bits per heavy atom. The number of H-pyrrole nitrogens is 2. The van der Waals surface area contributed by atoms with Gasteiger partial charge in [0.1, 0.15) is 17.6 Å². The largest absolute Gasteiger partial charge is 0.508 e. The summed E-state index contributed by atoms with van der Waals surface area (Å²) >= 11 is 0. The fourth-order valence-corrected chi connectivity index (χ4v) is 3.34. The summed E-state index contributed by atoms with van der Waals surface area (Å²) in [7, 11) is 0. The van der Waals surface area contributed by atoms with E-state index in [1.807, 2.05) is 6.92 Å². The van der Waals surface area contributed by atoms with Crippen LogP contribution in [0, 0.1) is 0 Å². The maximum Gasteiger partial charge on any atom is 0.471 e. The molecular weight excluding hydrogens is 519 g/mol. The lowest BCUT2D eigenvalue weighted by Gasteiger charge is -2.23. The highest BCUT2D eigenvalue weighted by Crippen LogP contribution is 2.25. The molecule has 0 fully saturated rings. The van der Waals surface area contributed by atoms with E-state index >= 15 is 0 Å². The van der Waals surface area contributed by atoms with Crippen LogP contribution >= 0.6 is 0 Å². The number of aromatic nitrogens is 4. The fourth-order valence-electron chi connectivity index (χ4n) is 3.34. The number of aliphatic hydroxyl groups excluding tert-OH is 1. The molecule has 0 unspecified atom stereocenters. The van der Waals surface area contributed by atoms with Gasteiger partial charge in [0.15, 0.2) is 0 Å². The number of aromatic amines is 2. The molecule has 0 saturated heterocycles. The van der Waals surface area contributed by atoms with Crippen LogP contribution in [0.15, 0.2) is 71.4 Å². The molecule has 6 N–H and O–H groups in total. The summed E-state index contributed by atoms with van der Waals surface area (Å²) in [4.78, 5) is 50.0. The molecule has 2 amide bonds. The number of halogens is 3. The average Bonchev–Trinajstić information content (AvgIpc) is 2.89. The van der Waals surface area contributed by atoms with Gasteiger partial charge in [0.2, 0.25) is 5.52 Å². The molecule has 0 saturated carbocycles. The van der Waals surface area contributed by atoms with Gasteiger partial charge in [-0.3, -0.25) is 24.3 Å². The lowest BCUT2D eigenvalue weighted by Crippen LogP contribution is -2.41. The van der Waals surface area contributed by atoms with Crippen molar-refractivity contribution < 1.29 is 32.9 Å². The number of rotatable bonds is 9. The predicted molar refractivity (Wildman–Crippen MR) is 136 cm³/mol. The van der Waals surface area contributed by atoms with E-state index in [9.17, 15) is 32.7 Å². The van der Waals surface area contributed by atoms with Crippen molar-refractivity contribution in [2.45, 2.75) is 26.1 Å². The molecule has 0 spiro atoms. The minimum absolute atomic E-state index is 0.00176. The fraction of sp³-hybridized carbons (Fsp3) is 0.200. The molecule has 2 aromatic heterocycles. The van der Waals surface area contributed by atoms with E-state index in [1.54, 1.807) is 6.08 Å². The number of anilines is 2. The number of benzene rings is 1. The molecule has 3 rings (SSSR count). The van der Waals surface area contributed by atoms with E-state index in [4.69, 9.17) is 5.73 Å². The third kappa shape index (κ3) is 7.50. The third-order valence-electron chi connectivity index (χ3n) is 5.35. The van der Waals surface area contributed by atoms with E-state index in [1.165, 1.54) is 42.6 Å². The van der Waals surface area contributed by atoms with Gasteiger partial charge in [-0.15, -0.1) is 0 Å². The van der Waals surface area contributed by atoms with Crippen molar-refractivity contribution in [1.82, 2.24) is 20.3 Å². The van der Waals surface area contributed by atoms with Gasteiger partial charge in [-0.05, 0) is 54.7 Å². The smallest absolute Gasteiger partial charge is 0.471 e. The van der Waals surface area contributed by atoms with Crippen LogP contribution in [0.25, 0.3) is 11.2 Å². The Balaban J connectivity index is 1.78. The Labute approximate surface area is 219 Å². The predicted octanol–water partition coefficient (Wildman–Crippen LogP) is 2.50. The minimum atomic E-state index is -5.20. The quantitative estimate of drug-likeness (QED) is 0.237. The number of hydrogen-bond acceptors (Lipinski definition) is 7. The van der Waals surface area contributed by atoms with Gasteiger partial charge in [0.25, 0.3) is 11.5 Å². The highest BCUT2D eigenvalue weighted by atomic mass is 19.4. The topological polar surface area (TPSA) is 168 Å². The van der Waals surface area contributed by atoms with E-state index in [-0.39, 0.29) is 46.4 Å². The van der Waals surface area contributed by atoms with Crippen molar-refractivity contribution >= 4 is 34.6 Å². The van der Waals surface area contributed by atoms with E-state index < -0.39 is 30.1 Å². The summed E-state index contributed by atoms with van der Waals surface area (Å²) < 4.78 is 40.2. The number of nitrogens with zero attached hydrogens (tertiary/aromatic N) is 3. The lowest BCUT2D eigenvalue weighted by atomic mass is 10.1. The molecule has 0 atom stereocenters. The first-order chi connectivity index (χ1) is 18.4. The van der Waals surface area contributed by atoms with Crippen LogP contribution in [-0.2, 0) is 11.3 Å². The van der Waals surface area contributed by atoms with Crippen molar-refractivity contribution in [2.75, 3.05) is 17.2 Å². The number of nitrogens with two attached hydrogens (primary N) is 1. The van der Waals surface area contributed by atoms with Crippen LogP contribution in [0.5, 0.6) is 0 Å². The standard InChI is InChI=1S/C25H24F3N7O4/c1-3-18(36)9-4-14(2)10-11-30-21(37)15-5-7-17(8-6-15)35(23(39)25(26,27)28)13-16-12-31-20-19(32-16)22(38)34-24(29)33-20/h3-9,12,36H,1,10-11,13H2,2H3,(H,30,37)(H3,29,31,33,34,38)/p+1/b14-4+,18-9+. The Hall–Kier alpha value is -5.01. The molecule has 0 aliphatic heterocycles. The van der Waals surface area contributed by atoms with Crippen molar-refractivity contribution in [3.05, 3.63) is 88.2 Å². The number of nitrogen functional groups attached to an aromatic ring is 1. The summed E-state index contributed by atoms with van der Waals surface area (Å²) in [5.74, 6) is -2.81. The first-order valence-electron chi connectivity index (χ1n) is 11.4. The summed E-state index contributed by atoms with van der Waals surface area (Å²) in [5, 5.41) is 12.1. The number of amides is 2. The highest BCUT2D eigenvalue weighted by Gasteiger charge is 2.43. The Kier molecular flexibility index (Phi) is 8.80. The highest BCUT2D eigenvalue weighted by molar-refractivity contribution is 5.98. The van der Waals surface area contributed by atoms with Crippen molar-refractivity contribution in [2.24, 2.45) is 0 Å². The van der Waals surface area contributed by atoms with E-state index in [0.29, 0.717) is 11.3 Å². The molecule has 0 radical (unpaired) electrons. The molecule has 1 aromatic carbocycles. The van der Waals surface area contributed by atoms with Gasteiger partial charge < -0.3 is 16.2 Å². The Morgan fingerprint density at radius 1 is 1.23 bits per heavy atom. The molecule has 2 heterocycles. The summed E-state index contributed by atoms with van der Waals surface area (Å²) in [6.45, 7) is 4.87. The second kappa shape index (κ2) is 12.0. The monoisotopic (exact) mass is 544 g/mol. The van der Waals surface area contributed by atoms with Gasteiger partial charge in [0.05, 0.1) is 6.54 Å². The number of aliphatic hydroxyl groups is 1. The van der Waals surface area contributed by atoms with Crippen LogP contribution in [0.3, 0.4) is 0 Å². The second-order valence-electron chi connectivity index (χ2n) is 8.29. The molecule has 3 aromatic rings. The number of nitrogens with one attached hydrogen (secondary N) is 3. The zero-order valence-electron chi connectivity index (χ0n) is 20.7. The van der Waals surface area contributed by atoms with E-state index in [0.717, 1.165) is 5.57 Å². The maximum absolute atomic E-state index is 13.4. The zero-order valence-corrected chi connectivity index (χ0v) is 20.7. The molecular formula is C25H25F3N7O4+. The number of fused-ring (bicyclic) bond motifs is 1. The SMILES string of the molecule is C=C/C(O)=C\C=C(/C)CCNC(=O)c1ccc(N(Cc2c[nH+]c3nc(N)[nH]c(=O)c3n2)C(=O)C(F)(F)F)cc1. The Bertz CT molecular complexity index is 1510. The van der Waals surface area contributed by atoms with Crippen LogP contribution in [0.2, 0.25) is 0 Å². The number of alkyl halides is 3. The van der Waals surface area contributed by atoms with Crippen molar-refractivity contribution in [1.29, 1.82) is 0 Å². The van der Waals surface area contributed by atoms with Crippen LogP contribution in [-0.4, -0.2) is 44.6 Å². The molecule has 14 heteroatoms. The number of hydrogen-bond donors (Lipinski definition) is 4. The van der Waals surface area contributed by atoms with E-state index in [2.05, 4.69) is 31.8 Å². The molecule has 0 aliphatic carbocycles. The van der Waals surface area contributed by atoms with Crippen molar-refractivity contribution in [3.63, 3.8) is 0 Å². The molecule has 0 aliphatic rings.